The van der Waals surface area contributed by atoms with E-state index in [0.29, 0.717) is 17.3 Å². The molecule has 0 atom stereocenters. The SMILES string of the molecule is FC(F)(F)c1ccc(Cc2nc3ccc(Cl)cc3[nH]2)cc1. The molecule has 0 radical (unpaired) electrons. The van der Waals surface area contributed by atoms with E-state index in [1.807, 2.05) is 0 Å². The molecule has 0 spiro atoms. The Kier molecular flexibility index (Phi) is 3.37. The van der Waals surface area contributed by atoms with Gasteiger partial charge >= 0.3 is 6.18 Å². The third kappa shape index (κ3) is 3.03. The summed E-state index contributed by atoms with van der Waals surface area (Å²) in [5.74, 6) is 0.687. The second-order valence-corrected chi connectivity index (χ2v) is 5.15. The van der Waals surface area contributed by atoms with Gasteiger partial charge in [0.2, 0.25) is 0 Å². The minimum atomic E-state index is -4.31. The number of aromatic nitrogens is 2. The Labute approximate surface area is 123 Å². The number of halogens is 4. The Morgan fingerprint density at radius 1 is 1.05 bits per heavy atom. The third-order valence-corrected chi connectivity index (χ3v) is 3.38. The number of H-pyrrole nitrogens is 1. The summed E-state index contributed by atoms with van der Waals surface area (Å²) in [4.78, 5) is 7.50. The van der Waals surface area contributed by atoms with Crippen LogP contribution in [0.5, 0.6) is 0 Å². The molecule has 2 nitrogen and oxygen atoms in total. The van der Waals surface area contributed by atoms with Crippen molar-refractivity contribution >= 4 is 22.6 Å². The first-order chi connectivity index (χ1) is 9.91. The molecule has 3 rings (SSSR count). The minimum Gasteiger partial charge on any atom is -0.342 e. The van der Waals surface area contributed by atoms with Crippen LogP contribution in [0.15, 0.2) is 42.5 Å². The van der Waals surface area contributed by atoms with Gasteiger partial charge in [-0.25, -0.2) is 4.98 Å². The van der Waals surface area contributed by atoms with Gasteiger partial charge < -0.3 is 4.98 Å². The molecular weight excluding hydrogens is 301 g/mol. The smallest absolute Gasteiger partial charge is 0.342 e. The number of hydrogen-bond donors (Lipinski definition) is 1. The first-order valence-corrected chi connectivity index (χ1v) is 6.60. The van der Waals surface area contributed by atoms with E-state index < -0.39 is 11.7 Å². The summed E-state index contributed by atoms with van der Waals surface area (Å²) in [6.45, 7) is 0. The average Bonchev–Trinajstić information content (AvgIpc) is 2.79. The molecule has 6 heteroatoms. The number of rotatable bonds is 2. The third-order valence-electron chi connectivity index (χ3n) is 3.15. The molecule has 0 saturated heterocycles. The van der Waals surface area contributed by atoms with Crippen molar-refractivity contribution < 1.29 is 13.2 Å². The van der Waals surface area contributed by atoms with E-state index in [-0.39, 0.29) is 0 Å². The predicted octanol–water partition coefficient (Wildman–Crippen LogP) is 4.83. The number of hydrogen-bond acceptors (Lipinski definition) is 1. The zero-order valence-corrected chi connectivity index (χ0v) is 11.5. The highest BCUT2D eigenvalue weighted by atomic mass is 35.5. The summed E-state index contributed by atoms with van der Waals surface area (Å²) < 4.78 is 37.5. The molecule has 0 aliphatic rings. The van der Waals surface area contributed by atoms with Gasteiger partial charge in [-0.05, 0) is 35.9 Å². The lowest BCUT2D eigenvalue weighted by Gasteiger charge is -2.06. The summed E-state index contributed by atoms with van der Waals surface area (Å²) in [6, 6.07) is 10.4. The van der Waals surface area contributed by atoms with Crippen molar-refractivity contribution in [2.75, 3.05) is 0 Å². The second kappa shape index (κ2) is 5.07. The Morgan fingerprint density at radius 2 is 1.76 bits per heavy atom. The van der Waals surface area contributed by atoms with E-state index in [4.69, 9.17) is 11.6 Å². The highest BCUT2D eigenvalue weighted by Gasteiger charge is 2.29. The molecular formula is C15H10ClF3N2. The Hall–Kier alpha value is -2.01. The number of aromatic amines is 1. The van der Waals surface area contributed by atoms with Crippen LogP contribution in [-0.4, -0.2) is 9.97 Å². The summed E-state index contributed by atoms with van der Waals surface area (Å²) >= 11 is 5.89. The number of nitrogens with zero attached hydrogens (tertiary/aromatic N) is 1. The van der Waals surface area contributed by atoms with Gasteiger partial charge in [0.05, 0.1) is 16.6 Å². The normalized spacial score (nSPS) is 12.0. The zero-order chi connectivity index (χ0) is 15.0. The van der Waals surface area contributed by atoms with Crippen molar-refractivity contribution in [2.45, 2.75) is 12.6 Å². The lowest BCUT2D eigenvalue weighted by molar-refractivity contribution is -0.137. The Morgan fingerprint density at radius 3 is 2.43 bits per heavy atom. The predicted molar refractivity (Wildman–Crippen MR) is 75.4 cm³/mol. The fourth-order valence-corrected chi connectivity index (χ4v) is 2.30. The average molecular weight is 311 g/mol. The van der Waals surface area contributed by atoms with E-state index in [2.05, 4.69) is 9.97 Å². The van der Waals surface area contributed by atoms with E-state index in [0.717, 1.165) is 28.7 Å². The maximum absolute atomic E-state index is 12.5. The summed E-state index contributed by atoms with van der Waals surface area (Å²) in [6.07, 6.45) is -3.88. The molecule has 0 amide bonds. The summed E-state index contributed by atoms with van der Waals surface area (Å²) in [5, 5.41) is 0.604. The van der Waals surface area contributed by atoms with Crippen LogP contribution in [0.1, 0.15) is 17.0 Å². The molecule has 0 aliphatic heterocycles. The van der Waals surface area contributed by atoms with Gasteiger partial charge in [0, 0.05) is 11.4 Å². The van der Waals surface area contributed by atoms with Gasteiger partial charge in [-0.2, -0.15) is 13.2 Å². The maximum Gasteiger partial charge on any atom is 0.416 e. The van der Waals surface area contributed by atoms with E-state index in [1.165, 1.54) is 12.1 Å². The number of fused-ring (bicyclic) bond motifs is 1. The first kappa shape index (κ1) is 13.9. The van der Waals surface area contributed by atoms with Gasteiger partial charge in [0.1, 0.15) is 5.82 Å². The van der Waals surface area contributed by atoms with Gasteiger partial charge in [-0.3, -0.25) is 0 Å². The lowest BCUT2D eigenvalue weighted by Crippen LogP contribution is -2.04. The van der Waals surface area contributed by atoms with Crippen LogP contribution >= 0.6 is 11.6 Å². The molecule has 0 unspecified atom stereocenters. The van der Waals surface area contributed by atoms with Crippen LogP contribution in [0, 0.1) is 0 Å². The summed E-state index contributed by atoms with van der Waals surface area (Å²) in [5.41, 5.74) is 1.70. The zero-order valence-electron chi connectivity index (χ0n) is 10.7. The Bertz CT molecular complexity index is 776. The molecule has 0 fully saturated rings. The molecule has 1 N–H and O–H groups in total. The fourth-order valence-electron chi connectivity index (χ4n) is 2.12. The number of benzene rings is 2. The topological polar surface area (TPSA) is 28.7 Å². The van der Waals surface area contributed by atoms with Gasteiger partial charge in [-0.1, -0.05) is 23.7 Å². The van der Waals surface area contributed by atoms with Crippen molar-refractivity contribution in [1.29, 1.82) is 0 Å². The van der Waals surface area contributed by atoms with Crippen molar-refractivity contribution in [3.05, 3.63) is 64.4 Å². The molecule has 3 aromatic rings. The molecule has 2 aromatic carbocycles. The van der Waals surface area contributed by atoms with Crippen molar-refractivity contribution in [1.82, 2.24) is 9.97 Å². The van der Waals surface area contributed by atoms with Crippen LogP contribution in [-0.2, 0) is 12.6 Å². The standard InChI is InChI=1S/C15H10ClF3N2/c16-11-5-6-12-13(8-11)21-14(20-12)7-9-1-3-10(4-2-9)15(17,18)19/h1-6,8H,7H2,(H,20,21). The lowest BCUT2D eigenvalue weighted by atomic mass is 10.1. The molecule has 1 heterocycles. The van der Waals surface area contributed by atoms with Crippen molar-refractivity contribution in [3.8, 4) is 0 Å². The molecule has 0 aliphatic carbocycles. The van der Waals surface area contributed by atoms with E-state index in [9.17, 15) is 13.2 Å². The molecule has 0 saturated carbocycles. The molecule has 1 aromatic heterocycles. The molecule has 0 bridgehead atoms. The van der Waals surface area contributed by atoms with E-state index >= 15 is 0 Å². The number of alkyl halides is 3. The maximum atomic E-state index is 12.5. The molecule has 21 heavy (non-hydrogen) atoms. The highest BCUT2D eigenvalue weighted by molar-refractivity contribution is 6.31. The van der Waals surface area contributed by atoms with Crippen LogP contribution in [0.2, 0.25) is 5.02 Å². The fraction of sp³-hybridized carbons (Fsp3) is 0.133. The van der Waals surface area contributed by atoms with Crippen LogP contribution in [0.25, 0.3) is 11.0 Å². The minimum absolute atomic E-state index is 0.435. The number of nitrogens with one attached hydrogen (secondary N) is 1. The van der Waals surface area contributed by atoms with E-state index in [1.54, 1.807) is 18.2 Å². The first-order valence-electron chi connectivity index (χ1n) is 6.22. The van der Waals surface area contributed by atoms with Gasteiger partial charge in [0.15, 0.2) is 0 Å². The monoisotopic (exact) mass is 310 g/mol. The Balaban J connectivity index is 1.84. The molecule has 108 valence electrons. The van der Waals surface area contributed by atoms with Crippen LogP contribution in [0.4, 0.5) is 13.2 Å². The second-order valence-electron chi connectivity index (χ2n) is 4.72. The van der Waals surface area contributed by atoms with Gasteiger partial charge in [0.25, 0.3) is 0 Å². The summed E-state index contributed by atoms with van der Waals surface area (Å²) in [7, 11) is 0. The van der Waals surface area contributed by atoms with Crippen molar-refractivity contribution in [2.24, 2.45) is 0 Å². The van der Waals surface area contributed by atoms with Crippen LogP contribution in [0.3, 0.4) is 0 Å². The van der Waals surface area contributed by atoms with Gasteiger partial charge in [-0.15, -0.1) is 0 Å². The number of imidazole rings is 1. The quantitative estimate of drug-likeness (QED) is 0.722. The largest absolute Gasteiger partial charge is 0.416 e. The highest BCUT2D eigenvalue weighted by Crippen LogP contribution is 2.29. The van der Waals surface area contributed by atoms with Crippen LogP contribution < -0.4 is 0 Å². The van der Waals surface area contributed by atoms with Crippen molar-refractivity contribution in [3.63, 3.8) is 0 Å².